The molecule has 142 valence electrons. The monoisotopic (exact) mass is 340 g/mol. The van der Waals surface area contributed by atoms with Crippen LogP contribution >= 0.6 is 0 Å². The van der Waals surface area contributed by atoms with E-state index in [2.05, 4.69) is 6.92 Å². The van der Waals surface area contributed by atoms with Crippen molar-refractivity contribution in [3.05, 3.63) is 0 Å². The quantitative estimate of drug-likeness (QED) is 0.211. The van der Waals surface area contributed by atoms with Crippen LogP contribution in [0, 0.1) is 0 Å². The molecule has 0 saturated carbocycles. The van der Waals surface area contributed by atoms with Gasteiger partial charge in [-0.25, -0.2) is 4.79 Å². The largest absolute Gasteiger partial charge is 0.476 e. The van der Waals surface area contributed by atoms with Crippen LogP contribution in [0.2, 0.25) is 0 Å². The Morgan fingerprint density at radius 1 is 0.542 bits per heavy atom. The smallest absolute Gasteiger partial charge is 0.372 e. The van der Waals surface area contributed by atoms with Crippen molar-refractivity contribution in [3.63, 3.8) is 0 Å². The third kappa shape index (κ3) is 17.5. The van der Waals surface area contributed by atoms with Gasteiger partial charge in [0, 0.05) is 6.42 Å². The summed E-state index contributed by atoms with van der Waals surface area (Å²) in [5.74, 6) is -1.93. The Morgan fingerprint density at radius 3 is 1.12 bits per heavy atom. The van der Waals surface area contributed by atoms with Crippen LogP contribution in [-0.4, -0.2) is 16.9 Å². The number of rotatable bonds is 19. The number of unbranched alkanes of at least 4 members (excludes halogenated alkanes) is 16. The van der Waals surface area contributed by atoms with Gasteiger partial charge in [0.25, 0.3) is 0 Å². The van der Waals surface area contributed by atoms with E-state index >= 15 is 0 Å². The molecule has 24 heavy (non-hydrogen) atoms. The minimum absolute atomic E-state index is 0.202. The summed E-state index contributed by atoms with van der Waals surface area (Å²) < 4.78 is 0. The van der Waals surface area contributed by atoms with Crippen LogP contribution in [0.3, 0.4) is 0 Å². The summed E-state index contributed by atoms with van der Waals surface area (Å²) in [4.78, 5) is 21.3. The number of carboxylic acids is 1. The predicted molar refractivity (Wildman–Crippen MR) is 101 cm³/mol. The Hall–Kier alpha value is -0.860. The molecular weight excluding hydrogens is 300 g/mol. The molecule has 0 bridgehead atoms. The van der Waals surface area contributed by atoms with Gasteiger partial charge in [0.05, 0.1) is 0 Å². The molecule has 0 aromatic heterocycles. The summed E-state index contributed by atoms with van der Waals surface area (Å²) in [6.07, 6.45) is 22.3. The first-order valence-electron chi connectivity index (χ1n) is 10.4. The third-order valence-electron chi connectivity index (χ3n) is 4.75. The summed E-state index contributed by atoms with van der Waals surface area (Å²) in [6.45, 7) is 2.27. The standard InChI is InChI=1S/C21H40O3/c1-2-3-4-5-6-7-8-9-10-11-12-13-14-15-16-17-18-19-20(22)21(23)24/h2-19H2,1H3,(H,23,24). The summed E-state index contributed by atoms with van der Waals surface area (Å²) in [5.41, 5.74) is 0. The first kappa shape index (κ1) is 23.1. The van der Waals surface area contributed by atoms with Crippen molar-refractivity contribution < 1.29 is 14.7 Å². The molecule has 0 fully saturated rings. The van der Waals surface area contributed by atoms with Crippen molar-refractivity contribution in [2.45, 2.75) is 122 Å². The highest BCUT2D eigenvalue weighted by Gasteiger charge is 2.09. The number of hydrogen-bond acceptors (Lipinski definition) is 2. The zero-order chi connectivity index (χ0) is 17.9. The van der Waals surface area contributed by atoms with Crippen molar-refractivity contribution >= 4 is 11.8 Å². The van der Waals surface area contributed by atoms with Gasteiger partial charge in [-0.2, -0.15) is 0 Å². The van der Waals surface area contributed by atoms with E-state index in [1.165, 1.54) is 89.9 Å². The fourth-order valence-corrected chi connectivity index (χ4v) is 3.12. The highest BCUT2D eigenvalue weighted by Crippen LogP contribution is 2.14. The van der Waals surface area contributed by atoms with Crippen molar-refractivity contribution in [2.75, 3.05) is 0 Å². The number of hydrogen-bond donors (Lipinski definition) is 1. The summed E-state index contributed by atoms with van der Waals surface area (Å²) in [7, 11) is 0. The van der Waals surface area contributed by atoms with Gasteiger partial charge in [-0.3, -0.25) is 4.79 Å². The lowest BCUT2D eigenvalue weighted by Gasteiger charge is -2.03. The van der Waals surface area contributed by atoms with Gasteiger partial charge in [0.1, 0.15) is 0 Å². The van der Waals surface area contributed by atoms with Crippen LogP contribution in [0.5, 0.6) is 0 Å². The van der Waals surface area contributed by atoms with Crippen LogP contribution in [0.4, 0.5) is 0 Å². The molecule has 0 amide bonds. The lowest BCUT2D eigenvalue weighted by atomic mass is 10.0. The Balaban J connectivity index is 3.05. The minimum atomic E-state index is -1.29. The Kier molecular flexibility index (Phi) is 17.8. The van der Waals surface area contributed by atoms with Crippen molar-refractivity contribution in [1.29, 1.82) is 0 Å². The fourth-order valence-electron chi connectivity index (χ4n) is 3.12. The van der Waals surface area contributed by atoms with E-state index in [1.54, 1.807) is 0 Å². The van der Waals surface area contributed by atoms with Gasteiger partial charge in [-0.15, -0.1) is 0 Å². The van der Waals surface area contributed by atoms with Gasteiger partial charge in [0.2, 0.25) is 5.78 Å². The van der Waals surface area contributed by atoms with E-state index in [0.717, 1.165) is 19.3 Å². The molecule has 0 aliphatic heterocycles. The highest BCUT2D eigenvalue weighted by atomic mass is 16.4. The average molecular weight is 341 g/mol. The van der Waals surface area contributed by atoms with E-state index < -0.39 is 11.8 Å². The van der Waals surface area contributed by atoms with Gasteiger partial charge in [-0.05, 0) is 6.42 Å². The summed E-state index contributed by atoms with van der Waals surface area (Å²) in [5, 5.41) is 8.47. The van der Waals surface area contributed by atoms with Crippen LogP contribution in [0.15, 0.2) is 0 Å². The van der Waals surface area contributed by atoms with Crippen molar-refractivity contribution in [3.8, 4) is 0 Å². The van der Waals surface area contributed by atoms with E-state index in [-0.39, 0.29) is 6.42 Å². The molecule has 0 saturated heterocycles. The maximum atomic E-state index is 10.9. The van der Waals surface area contributed by atoms with E-state index in [4.69, 9.17) is 5.11 Å². The molecule has 0 aromatic rings. The second-order valence-electron chi connectivity index (χ2n) is 7.14. The lowest BCUT2D eigenvalue weighted by molar-refractivity contribution is -0.149. The molecule has 0 radical (unpaired) electrons. The summed E-state index contributed by atoms with van der Waals surface area (Å²) >= 11 is 0. The third-order valence-corrected chi connectivity index (χ3v) is 4.75. The number of carboxylic acid groups (broad SMARTS) is 1. The van der Waals surface area contributed by atoms with E-state index in [0.29, 0.717) is 0 Å². The highest BCUT2D eigenvalue weighted by molar-refractivity contribution is 6.32. The molecule has 1 N–H and O–H groups in total. The van der Waals surface area contributed by atoms with Crippen molar-refractivity contribution in [2.24, 2.45) is 0 Å². The van der Waals surface area contributed by atoms with E-state index in [1.807, 2.05) is 0 Å². The number of carbonyl (C=O) groups is 2. The summed E-state index contributed by atoms with van der Waals surface area (Å²) in [6, 6.07) is 0. The van der Waals surface area contributed by atoms with Crippen LogP contribution in [-0.2, 0) is 9.59 Å². The van der Waals surface area contributed by atoms with Crippen LogP contribution in [0.1, 0.15) is 122 Å². The molecule has 0 rings (SSSR count). The normalized spacial score (nSPS) is 10.9. The predicted octanol–water partition coefficient (Wildman–Crippen LogP) is 6.68. The Morgan fingerprint density at radius 2 is 0.833 bits per heavy atom. The zero-order valence-electron chi connectivity index (χ0n) is 16.0. The molecule has 0 atom stereocenters. The number of ketones is 1. The molecule has 0 aromatic carbocycles. The SMILES string of the molecule is CCCCCCCCCCCCCCCCCCCC(=O)C(=O)O. The van der Waals surface area contributed by atoms with Gasteiger partial charge >= 0.3 is 5.97 Å². The molecule has 0 aliphatic rings. The van der Waals surface area contributed by atoms with Gasteiger partial charge in [0.15, 0.2) is 0 Å². The fraction of sp³-hybridized carbons (Fsp3) is 0.905. The molecular formula is C21H40O3. The van der Waals surface area contributed by atoms with Crippen LogP contribution < -0.4 is 0 Å². The molecule has 3 heteroatoms. The van der Waals surface area contributed by atoms with E-state index in [9.17, 15) is 9.59 Å². The van der Waals surface area contributed by atoms with Gasteiger partial charge < -0.3 is 5.11 Å². The van der Waals surface area contributed by atoms with Gasteiger partial charge in [-0.1, -0.05) is 110 Å². The Bertz CT molecular complexity index is 299. The second kappa shape index (κ2) is 18.5. The Labute approximate surface area is 149 Å². The molecule has 0 aliphatic carbocycles. The number of aliphatic carboxylic acids is 1. The number of Topliss-reactive ketones (excluding diaryl/α,β-unsaturated/α-hetero) is 1. The average Bonchev–Trinajstić information content (AvgIpc) is 2.57. The molecule has 0 heterocycles. The van der Waals surface area contributed by atoms with Crippen molar-refractivity contribution in [1.82, 2.24) is 0 Å². The topological polar surface area (TPSA) is 54.4 Å². The maximum Gasteiger partial charge on any atom is 0.372 e. The molecule has 0 unspecified atom stereocenters. The lowest BCUT2D eigenvalue weighted by Crippen LogP contribution is -2.11. The first-order chi connectivity index (χ1) is 11.7. The maximum absolute atomic E-state index is 10.9. The first-order valence-corrected chi connectivity index (χ1v) is 10.4. The number of carbonyl (C=O) groups excluding carboxylic acids is 1. The minimum Gasteiger partial charge on any atom is -0.476 e. The molecule has 3 nitrogen and oxygen atoms in total. The zero-order valence-corrected chi connectivity index (χ0v) is 16.0. The molecule has 0 spiro atoms. The second-order valence-corrected chi connectivity index (χ2v) is 7.14. The van der Waals surface area contributed by atoms with Crippen LogP contribution in [0.25, 0.3) is 0 Å².